The topological polar surface area (TPSA) is 53.4 Å². The number of hydrogen-bond donors (Lipinski definition) is 0. The van der Waals surface area contributed by atoms with Crippen LogP contribution in [0.4, 0.5) is 8.78 Å². The summed E-state index contributed by atoms with van der Waals surface area (Å²) < 4.78 is 35.6. The summed E-state index contributed by atoms with van der Waals surface area (Å²) in [7, 11) is 1.35. The van der Waals surface area contributed by atoms with Gasteiger partial charge in [0, 0.05) is 5.02 Å². The van der Waals surface area contributed by atoms with Crippen LogP contribution in [0.15, 0.2) is 47.5 Å². The van der Waals surface area contributed by atoms with E-state index in [1.165, 1.54) is 30.1 Å². The smallest absolute Gasteiger partial charge is 0.387 e. The van der Waals surface area contributed by atoms with Crippen molar-refractivity contribution in [1.29, 1.82) is 0 Å². The number of aromatic nitrogens is 2. The first-order valence-corrected chi connectivity index (χ1v) is 7.62. The molecule has 3 rings (SSSR count). The Morgan fingerprint density at radius 2 is 2.00 bits per heavy atom. The molecule has 5 nitrogen and oxygen atoms in total. The highest BCUT2D eigenvalue weighted by Gasteiger charge is 2.12. The Morgan fingerprint density at radius 1 is 1.20 bits per heavy atom. The number of ether oxygens (including phenoxy) is 2. The molecule has 1 heterocycles. The van der Waals surface area contributed by atoms with Crippen molar-refractivity contribution in [3.8, 4) is 11.5 Å². The molecule has 0 spiro atoms. The minimum Gasteiger partial charge on any atom is -0.493 e. The standard InChI is InChI=1S/C17H13ClF2N2O3/c1-24-15-6-10(2-5-14(15)25-17(19)20)8-22-9-21-13-4-3-11(18)7-12(13)16(22)23/h2-7,9,17H,8H2,1H3. The quantitative estimate of drug-likeness (QED) is 0.690. The van der Waals surface area contributed by atoms with Gasteiger partial charge in [-0.25, -0.2) is 4.98 Å². The summed E-state index contributed by atoms with van der Waals surface area (Å²) in [5.41, 5.74) is 0.965. The summed E-state index contributed by atoms with van der Waals surface area (Å²) in [4.78, 5) is 16.8. The molecule has 0 saturated carbocycles. The molecule has 0 fully saturated rings. The van der Waals surface area contributed by atoms with Crippen molar-refractivity contribution in [1.82, 2.24) is 9.55 Å². The van der Waals surface area contributed by atoms with Crippen LogP contribution in [0.3, 0.4) is 0 Å². The molecule has 0 N–H and O–H groups in total. The molecule has 0 radical (unpaired) electrons. The Labute approximate surface area is 146 Å². The molecule has 0 aliphatic rings. The maximum atomic E-state index is 12.6. The van der Waals surface area contributed by atoms with Crippen LogP contribution in [0, 0.1) is 0 Å². The predicted octanol–water partition coefficient (Wildman–Crippen LogP) is 3.71. The third kappa shape index (κ3) is 3.71. The van der Waals surface area contributed by atoms with Gasteiger partial charge < -0.3 is 9.47 Å². The molecule has 0 unspecified atom stereocenters. The number of benzene rings is 2. The average molecular weight is 367 g/mol. The van der Waals surface area contributed by atoms with E-state index in [0.29, 0.717) is 21.5 Å². The van der Waals surface area contributed by atoms with Gasteiger partial charge in [0.1, 0.15) is 0 Å². The predicted molar refractivity (Wildman–Crippen MR) is 89.7 cm³/mol. The maximum absolute atomic E-state index is 12.6. The Morgan fingerprint density at radius 3 is 2.72 bits per heavy atom. The van der Waals surface area contributed by atoms with Crippen molar-refractivity contribution >= 4 is 22.5 Å². The molecule has 0 aliphatic carbocycles. The Hall–Kier alpha value is -2.67. The van der Waals surface area contributed by atoms with E-state index in [1.54, 1.807) is 24.3 Å². The zero-order valence-corrected chi connectivity index (χ0v) is 13.8. The highest BCUT2D eigenvalue weighted by atomic mass is 35.5. The Balaban J connectivity index is 1.96. The number of fused-ring (bicyclic) bond motifs is 1. The van der Waals surface area contributed by atoms with Crippen LogP contribution in [0.1, 0.15) is 5.56 Å². The lowest BCUT2D eigenvalue weighted by atomic mass is 10.2. The third-order valence-electron chi connectivity index (χ3n) is 3.58. The summed E-state index contributed by atoms with van der Waals surface area (Å²) in [5, 5.41) is 0.846. The van der Waals surface area contributed by atoms with E-state index >= 15 is 0 Å². The molecule has 2 aromatic carbocycles. The van der Waals surface area contributed by atoms with Crippen molar-refractivity contribution in [2.45, 2.75) is 13.2 Å². The molecule has 0 aliphatic heterocycles. The fraction of sp³-hybridized carbons (Fsp3) is 0.176. The fourth-order valence-corrected chi connectivity index (χ4v) is 2.62. The van der Waals surface area contributed by atoms with Crippen LogP contribution < -0.4 is 15.0 Å². The normalized spacial score (nSPS) is 11.1. The molecule has 0 bridgehead atoms. The lowest BCUT2D eigenvalue weighted by molar-refractivity contribution is -0.0512. The van der Waals surface area contributed by atoms with Crippen LogP contribution in [-0.4, -0.2) is 23.3 Å². The van der Waals surface area contributed by atoms with Gasteiger partial charge >= 0.3 is 6.61 Å². The van der Waals surface area contributed by atoms with Gasteiger partial charge in [-0.3, -0.25) is 9.36 Å². The Bertz CT molecular complexity index is 976. The zero-order valence-electron chi connectivity index (χ0n) is 13.1. The van der Waals surface area contributed by atoms with Gasteiger partial charge in [-0.1, -0.05) is 17.7 Å². The highest BCUT2D eigenvalue weighted by Crippen LogP contribution is 2.29. The fourth-order valence-electron chi connectivity index (χ4n) is 2.44. The van der Waals surface area contributed by atoms with E-state index in [9.17, 15) is 13.6 Å². The van der Waals surface area contributed by atoms with Crippen LogP contribution in [0.2, 0.25) is 5.02 Å². The number of halogens is 3. The first-order valence-electron chi connectivity index (χ1n) is 7.24. The highest BCUT2D eigenvalue weighted by molar-refractivity contribution is 6.31. The van der Waals surface area contributed by atoms with Crippen molar-refractivity contribution in [2.75, 3.05) is 7.11 Å². The van der Waals surface area contributed by atoms with Gasteiger partial charge in [0.2, 0.25) is 0 Å². The number of rotatable bonds is 5. The third-order valence-corrected chi connectivity index (χ3v) is 3.82. The van der Waals surface area contributed by atoms with Gasteiger partial charge in [-0.15, -0.1) is 0 Å². The minimum atomic E-state index is -2.95. The SMILES string of the molecule is COc1cc(Cn2cnc3ccc(Cl)cc3c2=O)ccc1OC(F)F. The van der Waals surface area contributed by atoms with Crippen LogP contribution in [0.25, 0.3) is 10.9 Å². The van der Waals surface area contributed by atoms with Crippen LogP contribution in [-0.2, 0) is 6.54 Å². The molecule has 0 atom stereocenters. The molecule has 25 heavy (non-hydrogen) atoms. The largest absolute Gasteiger partial charge is 0.493 e. The molecule has 1 aromatic heterocycles. The second-order valence-corrected chi connectivity index (χ2v) is 5.64. The molecule has 0 amide bonds. The molecular weight excluding hydrogens is 354 g/mol. The second kappa shape index (κ2) is 7.06. The molecule has 3 aromatic rings. The second-order valence-electron chi connectivity index (χ2n) is 5.20. The van der Waals surface area contributed by atoms with Gasteiger partial charge in [0.05, 0.1) is 30.9 Å². The minimum absolute atomic E-state index is 0.0722. The zero-order chi connectivity index (χ0) is 18.0. The molecular formula is C17H13ClF2N2O3. The summed E-state index contributed by atoms with van der Waals surface area (Å²) in [6.45, 7) is -2.75. The van der Waals surface area contributed by atoms with Gasteiger partial charge in [0.25, 0.3) is 5.56 Å². The van der Waals surface area contributed by atoms with Crippen molar-refractivity contribution < 1.29 is 18.3 Å². The molecule has 8 heteroatoms. The van der Waals surface area contributed by atoms with Crippen LogP contribution in [0.5, 0.6) is 11.5 Å². The van der Waals surface area contributed by atoms with E-state index in [4.69, 9.17) is 16.3 Å². The summed E-state index contributed by atoms with van der Waals surface area (Å²) in [6.07, 6.45) is 1.43. The number of alkyl halides is 2. The van der Waals surface area contributed by atoms with Gasteiger partial charge in [0.15, 0.2) is 11.5 Å². The van der Waals surface area contributed by atoms with E-state index in [-0.39, 0.29) is 23.6 Å². The number of hydrogen-bond acceptors (Lipinski definition) is 4. The summed E-state index contributed by atoms with van der Waals surface area (Å²) in [6, 6.07) is 9.37. The summed E-state index contributed by atoms with van der Waals surface area (Å²) in [5.74, 6) is 0.0830. The van der Waals surface area contributed by atoms with Crippen molar-refractivity contribution in [3.05, 3.63) is 63.7 Å². The monoisotopic (exact) mass is 366 g/mol. The van der Waals surface area contributed by atoms with E-state index in [2.05, 4.69) is 9.72 Å². The van der Waals surface area contributed by atoms with E-state index in [1.807, 2.05) is 0 Å². The first kappa shape index (κ1) is 17.2. The first-order chi connectivity index (χ1) is 12.0. The molecule has 0 saturated heterocycles. The lowest BCUT2D eigenvalue weighted by Gasteiger charge is -2.12. The lowest BCUT2D eigenvalue weighted by Crippen LogP contribution is -2.21. The van der Waals surface area contributed by atoms with Crippen LogP contribution >= 0.6 is 11.6 Å². The maximum Gasteiger partial charge on any atom is 0.387 e. The Kier molecular flexibility index (Phi) is 4.85. The summed E-state index contributed by atoms with van der Waals surface area (Å²) >= 11 is 5.93. The number of methoxy groups -OCH3 is 1. The average Bonchev–Trinajstić information content (AvgIpc) is 2.58. The van der Waals surface area contributed by atoms with Gasteiger partial charge in [-0.2, -0.15) is 8.78 Å². The number of nitrogens with zero attached hydrogens (tertiary/aromatic N) is 2. The molecule has 130 valence electrons. The van der Waals surface area contributed by atoms with Crippen molar-refractivity contribution in [2.24, 2.45) is 0 Å². The van der Waals surface area contributed by atoms with E-state index in [0.717, 1.165) is 0 Å². The van der Waals surface area contributed by atoms with Crippen molar-refractivity contribution in [3.63, 3.8) is 0 Å². The van der Waals surface area contributed by atoms with E-state index < -0.39 is 6.61 Å². The van der Waals surface area contributed by atoms with Gasteiger partial charge in [-0.05, 0) is 35.9 Å².